The molecule has 2 radical (unpaired) electrons. The van der Waals surface area contributed by atoms with Crippen LogP contribution in [0.3, 0.4) is 0 Å². The van der Waals surface area contributed by atoms with Gasteiger partial charge >= 0.3 is 0 Å². The molecule has 0 saturated heterocycles. The predicted octanol–water partition coefficient (Wildman–Crippen LogP) is 11.3. The Morgan fingerprint density at radius 1 is 0.444 bits per heavy atom. The first kappa shape index (κ1) is 30.7. The zero-order valence-corrected chi connectivity index (χ0v) is 26.0. The Hall–Kier alpha value is -1.56. The predicted molar refractivity (Wildman–Crippen MR) is 161 cm³/mol. The van der Waals surface area contributed by atoms with Gasteiger partial charge in [-0.05, 0) is 105 Å². The second kappa shape index (κ2) is 11.9. The molecule has 0 heteroatoms. The molecule has 0 nitrogen and oxygen atoms in total. The number of rotatable bonds is 13. The molecule has 200 valence electrons. The van der Waals surface area contributed by atoms with Crippen LogP contribution in [0.5, 0.6) is 0 Å². The van der Waals surface area contributed by atoms with Gasteiger partial charge in [-0.15, -0.1) is 0 Å². The van der Waals surface area contributed by atoms with Gasteiger partial charge in [-0.2, -0.15) is 0 Å². The van der Waals surface area contributed by atoms with Crippen LogP contribution in [-0.2, 0) is 21.7 Å². The van der Waals surface area contributed by atoms with Gasteiger partial charge < -0.3 is 0 Å². The van der Waals surface area contributed by atoms with Crippen LogP contribution in [0.1, 0.15) is 157 Å². The zero-order chi connectivity index (χ0) is 27.4. The Morgan fingerprint density at radius 3 is 1.00 bits per heavy atom. The molecule has 0 amide bonds. The van der Waals surface area contributed by atoms with Crippen molar-refractivity contribution in [1.82, 2.24) is 0 Å². The van der Waals surface area contributed by atoms with E-state index in [0.29, 0.717) is 0 Å². The molecule has 36 heavy (non-hydrogen) atoms. The normalized spacial score (nSPS) is 13.3. The highest BCUT2D eigenvalue weighted by Gasteiger charge is 2.29. The van der Waals surface area contributed by atoms with Crippen molar-refractivity contribution in [3.8, 4) is 11.1 Å². The van der Waals surface area contributed by atoms with E-state index in [2.05, 4.69) is 119 Å². The summed E-state index contributed by atoms with van der Waals surface area (Å²) >= 11 is 0. The van der Waals surface area contributed by atoms with Gasteiger partial charge in [-0.25, -0.2) is 0 Å². The van der Waals surface area contributed by atoms with Crippen molar-refractivity contribution >= 4 is 0 Å². The molecular weight excluding hydrogens is 432 g/mol. The lowest BCUT2D eigenvalue weighted by atomic mass is 9.72. The minimum atomic E-state index is 0.102. The SMILES string of the molecule is CCCC(C)(C)c1[c]c(-c2[c]c(C(C)(C)CCC)cc(C(C)(C)CCC)c2)cc(C(C)(C)CCC)c1. The Morgan fingerprint density at radius 2 is 0.722 bits per heavy atom. The summed E-state index contributed by atoms with van der Waals surface area (Å²) in [6, 6.07) is 17.6. The molecule has 0 spiro atoms. The zero-order valence-electron chi connectivity index (χ0n) is 26.0. The standard InChI is InChI=1S/C36H56/c1-13-17-33(5,6)29-21-27(22-30(25-29)34(7,8)18-14-2)28-23-31(35(9,10)19-15-3)26-32(24-28)36(11,12)20-16-4/h21,23,25-26H,13-20H2,1-12H3. The lowest BCUT2D eigenvalue weighted by molar-refractivity contribution is 0.456. The number of hydrogen-bond donors (Lipinski definition) is 0. The molecule has 0 aromatic heterocycles. The highest BCUT2D eigenvalue weighted by Crippen LogP contribution is 2.41. The average Bonchev–Trinajstić information content (AvgIpc) is 2.78. The fraction of sp³-hybridized carbons (Fsp3) is 0.667. The summed E-state index contributed by atoms with van der Waals surface area (Å²) in [5, 5.41) is 0. The highest BCUT2D eigenvalue weighted by atomic mass is 14.3. The first-order valence-electron chi connectivity index (χ1n) is 14.8. The van der Waals surface area contributed by atoms with Crippen molar-refractivity contribution in [1.29, 1.82) is 0 Å². The average molecular weight is 489 g/mol. The maximum absolute atomic E-state index is 3.93. The van der Waals surface area contributed by atoms with E-state index < -0.39 is 0 Å². The van der Waals surface area contributed by atoms with Gasteiger partial charge in [0.1, 0.15) is 0 Å². The van der Waals surface area contributed by atoms with Crippen LogP contribution in [-0.4, -0.2) is 0 Å². The summed E-state index contributed by atoms with van der Waals surface area (Å²) in [5.41, 5.74) is 8.51. The quantitative estimate of drug-likeness (QED) is 0.263. The van der Waals surface area contributed by atoms with Gasteiger partial charge in [0.25, 0.3) is 0 Å². The van der Waals surface area contributed by atoms with Crippen molar-refractivity contribution in [2.75, 3.05) is 0 Å². The van der Waals surface area contributed by atoms with Gasteiger partial charge in [0, 0.05) is 0 Å². The smallest absolute Gasteiger partial charge is 0.00582 e. The number of hydrogen-bond acceptors (Lipinski definition) is 0. The van der Waals surface area contributed by atoms with Gasteiger partial charge in [0.15, 0.2) is 0 Å². The van der Waals surface area contributed by atoms with E-state index >= 15 is 0 Å². The van der Waals surface area contributed by atoms with E-state index in [0.717, 1.165) is 0 Å². The second-order valence-corrected chi connectivity index (χ2v) is 13.9. The minimum Gasteiger partial charge on any atom is -0.0654 e. The molecule has 0 bridgehead atoms. The number of benzene rings is 2. The Bertz CT molecular complexity index is 829. The Balaban J connectivity index is 2.87. The van der Waals surface area contributed by atoms with Crippen LogP contribution in [0.4, 0.5) is 0 Å². The van der Waals surface area contributed by atoms with Crippen LogP contribution in [0.2, 0.25) is 0 Å². The molecule has 0 saturated carbocycles. The highest BCUT2D eigenvalue weighted by molar-refractivity contribution is 5.67. The summed E-state index contributed by atoms with van der Waals surface area (Å²) in [7, 11) is 0. The van der Waals surface area contributed by atoms with Gasteiger partial charge in [0.2, 0.25) is 0 Å². The third-order valence-electron chi connectivity index (χ3n) is 8.55. The van der Waals surface area contributed by atoms with E-state index in [1.165, 1.54) is 84.7 Å². The van der Waals surface area contributed by atoms with Gasteiger partial charge in [0.05, 0.1) is 0 Å². The molecule has 2 rings (SSSR count). The van der Waals surface area contributed by atoms with Crippen molar-refractivity contribution in [3.63, 3.8) is 0 Å². The van der Waals surface area contributed by atoms with E-state index in [1.807, 2.05) is 0 Å². The van der Waals surface area contributed by atoms with Gasteiger partial charge in [-0.1, -0.05) is 121 Å². The molecule has 0 atom stereocenters. The van der Waals surface area contributed by atoms with Crippen molar-refractivity contribution in [2.45, 2.75) is 156 Å². The van der Waals surface area contributed by atoms with Crippen LogP contribution >= 0.6 is 0 Å². The lowest BCUT2D eigenvalue weighted by Gasteiger charge is -2.32. The third kappa shape index (κ3) is 7.26. The van der Waals surface area contributed by atoms with E-state index in [-0.39, 0.29) is 21.7 Å². The summed E-state index contributed by atoms with van der Waals surface area (Å²) < 4.78 is 0. The monoisotopic (exact) mass is 488 g/mol. The molecule has 2 aromatic rings. The fourth-order valence-electron chi connectivity index (χ4n) is 6.00. The van der Waals surface area contributed by atoms with Crippen molar-refractivity contribution < 1.29 is 0 Å². The van der Waals surface area contributed by atoms with E-state index in [4.69, 9.17) is 0 Å². The first-order valence-corrected chi connectivity index (χ1v) is 14.8. The minimum absolute atomic E-state index is 0.102. The molecule has 0 heterocycles. The summed E-state index contributed by atoms with van der Waals surface area (Å²) in [6.07, 6.45) is 9.46. The molecule has 0 fully saturated rings. The maximum atomic E-state index is 3.93. The largest absolute Gasteiger partial charge is 0.0654 e. The van der Waals surface area contributed by atoms with Crippen LogP contribution in [0, 0.1) is 12.1 Å². The molecule has 0 aliphatic carbocycles. The molecular formula is C36H56. The van der Waals surface area contributed by atoms with E-state index in [1.54, 1.807) is 0 Å². The first-order chi connectivity index (χ1) is 16.6. The van der Waals surface area contributed by atoms with Gasteiger partial charge in [-0.3, -0.25) is 0 Å². The fourth-order valence-corrected chi connectivity index (χ4v) is 6.00. The summed E-state index contributed by atoms with van der Waals surface area (Å²) in [6.45, 7) is 28.4. The molecule has 0 aliphatic rings. The Labute approximate surface area is 225 Å². The second-order valence-electron chi connectivity index (χ2n) is 13.9. The Kier molecular flexibility index (Phi) is 10.1. The van der Waals surface area contributed by atoms with Crippen molar-refractivity contribution in [3.05, 3.63) is 58.7 Å². The van der Waals surface area contributed by atoms with Crippen molar-refractivity contribution in [2.24, 2.45) is 0 Å². The summed E-state index contributed by atoms with van der Waals surface area (Å²) in [4.78, 5) is 0. The topological polar surface area (TPSA) is 0 Å². The molecule has 0 unspecified atom stereocenters. The lowest BCUT2D eigenvalue weighted by Crippen LogP contribution is -2.22. The third-order valence-corrected chi connectivity index (χ3v) is 8.55. The molecule has 2 aromatic carbocycles. The van der Waals surface area contributed by atoms with E-state index in [9.17, 15) is 0 Å². The van der Waals surface area contributed by atoms with Crippen LogP contribution < -0.4 is 0 Å². The van der Waals surface area contributed by atoms with Crippen LogP contribution in [0.25, 0.3) is 11.1 Å². The van der Waals surface area contributed by atoms with Crippen LogP contribution in [0.15, 0.2) is 24.3 Å². The molecule has 0 N–H and O–H groups in total. The maximum Gasteiger partial charge on any atom is -0.00582 e. The molecule has 0 aliphatic heterocycles. The summed E-state index contributed by atoms with van der Waals surface area (Å²) in [5.74, 6) is 0.